The fourth-order valence-corrected chi connectivity index (χ4v) is 5.18. The maximum Gasteiger partial charge on any atom is 0.416 e. The van der Waals surface area contributed by atoms with E-state index in [4.69, 9.17) is 4.99 Å². The van der Waals surface area contributed by atoms with Crippen LogP contribution in [0.2, 0.25) is 0 Å². The molecule has 2 N–H and O–H groups in total. The predicted octanol–water partition coefficient (Wildman–Crippen LogP) is 8.48. The summed E-state index contributed by atoms with van der Waals surface area (Å²) in [6.07, 6.45) is -7.72. The number of halogens is 6. The van der Waals surface area contributed by atoms with Gasteiger partial charge in [-0.2, -0.15) is 26.3 Å². The molecule has 4 nitrogen and oxygen atoms in total. The lowest BCUT2D eigenvalue weighted by molar-refractivity contribution is -0.138. The van der Waals surface area contributed by atoms with Gasteiger partial charge in [-0.3, -0.25) is 5.32 Å². The van der Waals surface area contributed by atoms with E-state index in [0.29, 0.717) is 5.69 Å². The monoisotopic (exact) mass is 590 g/mol. The third-order valence-corrected chi connectivity index (χ3v) is 7.62. The molecule has 10 heteroatoms. The molecule has 2 atom stereocenters. The largest absolute Gasteiger partial charge is 0.416 e. The van der Waals surface area contributed by atoms with E-state index in [1.54, 1.807) is 0 Å². The molecule has 0 spiro atoms. The first-order valence-electron chi connectivity index (χ1n) is 14.1. The highest BCUT2D eigenvalue weighted by Crippen LogP contribution is 2.37. The molecule has 226 valence electrons. The molecular formula is C32H36F6N4. The number of rotatable bonds is 10. The zero-order valence-electron chi connectivity index (χ0n) is 24.1. The molecule has 0 fully saturated rings. The lowest BCUT2D eigenvalue weighted by Gasteiger charge is -2.31. The smallest absolute Gasteiger partial charge is 0.350 e. The zero-order chi connectivity index (χ0) is 30.7. The van der Waals surface area contributed by atoms with E-state index in [9.17, 15) is 26.3 Å². The summed E-state index contributed by atoms with van der Waals surface area (Å²) in [4.78, 5) is 7.09. The summed E-state index contributed by atoms with van der Waals surface area (Å²) in [5, 5.41) is 6.89. The van der Waals surface area contributed by atoms with Gasteiger partial charge in [0.25, 0.3) is 0 Å². The molecule has 0 bridgehead atoms. The molecule has 0 amide bonds. The van der Waals surface area contributed by atoms with Crippen LogP contribution in [0.1, 0.15) is 67.6 Å². The molecule has 0 aliphatic carbocycles. The second-order valence-corrected chi connectivity index (χ2v) is 10.7. The maximum atomic E-state index is 14.0. The Bertz CT molecular complexity index is 1390. The molecule has 42 heavy (non-hydrogen) atoms. The van der Waals surface area contributed by atoms with E-state index < -0.39 is 29.6 Å². The topological polar surface area (TPSA) is 39.7 Å². The quantitative estimate of drug-likeness (QED) is 0.233. The van der Waals surface area contributed by atoms with Crippen molar-refractivity contribution in [3.05, 3.63) is 88.5 Å². The average Bonchev–Trinajstić information content (AvgIpc) is 2.94. The molecule has 1 aliphatic rings. The lowest BCUT2D eigenvalue weighted by Crippen LogP contribution is -2.44. The minimum Gasteiger partial charge on any atom is -0.350 e. The van der Waals surface area contributed by atoms with E-state index in [2.05, 4.69) is 36.3 Å². The van der Waals surface area contributed by atoms with Crippen molar-refractivity contribution in [2.45, 2.75) is 65.1 Å². The Hall–Kier alpha value is -3.37. The van der Waals surface area contributed by atoms with Crippen molar-refractivity contribution in [3.63, 3.8) is 0 Å². The van der Waals surface area contributed by atoms with Crippen LogP contribution >= 0.6 is 0 Å². The van der Waals surface area contributed by atoms with Crippen LogP contribution in [0.25, 0.3) is 11.1 Å². The molecule has 4 rings (SSSR count). The first-order valence-corrected chi connectivity index (χ1v) is 14.1. The number of alkyl halides is 6. The molecule has 0 saturated carbocycles. The zero-order valence-corrected chi connectivity index (χ0v) is 24.1. The van der Waals surface area contributed by atoms with E-state index in [1.807, 2.05) is 25.1 Å². The van der Waals surface area contributed by atoms with Gasteiger partial charge >= 0.3 is 12.4 Å². The molecule has 0 saturated heterocycles. The molecule has 1 heterocycles. The number of amidine groups is 1. The second-order valence-electron chi connectivity index (χ2n) is 10.7. The van der Waals surface area contributed by atoms with Crippen molar-refractivity contribution in [2.75, 3.05) is 19.6 Å². The SMILES string of the molecule is CCN(CC)CCCC(C)NC1NC(c2cc(-c3ccc(C(F)(F)F)cc3)cc(C(F)(F)F)c2)=Nc2c(C)cccc21. The van der Waals surface area contributed by atoms with Crippen molar-refractivity contribution in [3.8, 4) is 11.1 Å². The summed E-state index contributed by atoms with van der Waals surface area (Å²) in [6, 6.07) is 13.5. The molecule has 1 aliphatic heterocycles. The summed E-state index contributed by atoms with van der Waals surface area (Å²) in [7, 11) is 0. The number of hydrogen-bond acceptors (Lipinski definition) is 4. The Labute approximate surface area is 242 Å². The molecule has 3 aromatic carbocycles. The van der Waals surface area contributed by atoms with Crippen LogP contribution in [0.15, 0.2) is 65.7 Å². The van der Waals surface area contributed by atoms with Crippen LogP contribution in [0.5, 0.6) is 0 Å². The van der Waals surface area contributed by atoms with Crippen LogP contribution in [0.4, 0.5) is 32.0 Å². The third kappa shape index (κ3) is 7.52. The summed E-state index contributed by atoms with van der Waals surface area (Å²) < 4.78 is 81.3. The van der Waals surface area contributed by atoms with E-state index in [-0.39, 0.29) is 28.6 Å². The second kappa shape index (κ2) is 12.9. The molecular weight excluding hydrogens is 554 g/mol. The number of para-hydroxylation sites is 1. The number of hydrogen-bond donors (Lipinski definition) is 2. The summed E-state index contributed by atoms with van der Waals surface area (Å²) in [6.45, 7) is 11.2. The van der Waals surface area contributed by atoms with Gasteiger partial charge in [0.1, 0.15) is 12.0 Å². The van der Waals surface area contributed by atoms with Gasteiger partial charge in [0.05, 0.1) is 16.8 Å². The standard InChI is InChI=1S/C32H36F6N4/c1-5-42(6-2)16-8-10-21(4)39-30-27-11-7-9-20(3)28(27)40-29(41-30)24-17-23(18-26(19-24)32(36,37)38)22-12-14-25(15-13-22)31(33,34)35/h7,9,11-15,17-19,21,30,39H,5-6,8,10,16H2,1-4H3,(H,40,41). The van der Waals surface area contributed by atoms with Gasteiger partial charge in [0, 0.05) is 17.2 Å². The van der Waals surface area contributed by atoms with Gasteiger partial charge in [-0.25, -0.2) is 4.99 Å². The Morgan fingerprint density at radius 2 is 1.50 bits per heavy atom. The Morgan fingerprint density at radius 1 is 0.857 bits per heavy atom. The van der Waals surface area contributed by atoms with Crippen LogP contribution < -0.4 is 10.6 Å². The normalized spacial score (nSPS) is 16.2. The number of aryl methyl sites for hydroxylation is 1. The molecule has 3 aromatic rings. The highest BCUT2D eigenvalue weighted by molar-refractivity contribution is 6.03. The van der Waals surface area contributed by atoms with Gasteiger partial charge in [0.2, 0.25) is 0 Å². The lowest BCUT2D eigenvalue weighted by atomic mass is 9.96. The minimum absolute atomic E-state index is 0.106. The minimum atomic E-state index is -4.67. The highest BCUT2D eigenvalue weighted by atomic mass is 19.4. The van der Waals surface area contributed by atoms with Gasteiger partial charge in [-0.05, 0) is 93.3 Å². The molecule has 2 unspecified atom stereocenters. The molecule has 0 radical (unpaired) electrons. The van der Waals surface area contributed by atoms with Crippen molar-refractivity contribution in [2.24, 2.45) is 4.99 Å². The third-order valence-electron chi connectivity index (χ3n) is 7.62. The fraction of sp³-hybridized carbons (Fsp3) is 0.406. The first kappa shape index (κ1) is 31.6. The Morgan fingerprint density at radius 3 is 2.12 bits per heavy atom. The maximum absolute atomic E-state index is 14.0. The number of fused-ring (bicyclic) bond motifs is 1. The fourth-order valence-electron chi connectivity index (χ4n) is 5.18. The van der Waals surface area contributed by atoms with Crippen LogP contribution in [0, 0.1) is 6.92 Å². The predicted molar refractivity (Wildman–Crippen MR) is 155 cm³/mol. The number of benzene rings is 3. The Kier molecular flexibility index (Phi) is 9.67. The van der Waals surface area contributed by atoms with Gasteiger partial charge in [-0.1, -0.05) is 44.2 Å². The van der Waals surface area contributed by atoms with Gasteiger partial charge < -0.3 is 10.2 Å². The van der Waals surface area contributed by atoms with Crippen molar-refractivity contribution >= 4 is 11.5 Å². The molecule has 0 aromatic heterocycles. The average molecular weight is 591 g/mol. The van der Waals surface area contributed by atoms with E-state index in [1.165, 1.54) is 18.2 Å². The van der Waals surface area contributed by atoms with Gasteiger partial charge in [-0.15, -0.1) is 0 Å². The number of aliphatic imine (C=N–C) groups is 1. The highest BCUT2D eigenvalue weighted by Gasteiger charge is 2.33. The van der Waals surface area contributed by atoms with Crippen LogP contribution in [-0.2, 0) is 12.4 Å². The summed E-state index contributed by atoms with van der Waals surface area (Å²) >= 11 is 0. The van der Waals surface area contributed by atoms with Crippen molar-refractivity contribution in [1.82, 2.24) is 15.5 Å². The number of nitrogens with one attached hydrogen (secondary N) is 2. The van der Waals surface area contributed by atoms with Crippen LogP contribution in [-0.4, -0.2) is 36.4 Å². The van der Waals surface area contributed by atoms with Crippen molar-refractivity contribution in [1.29, 1.82) is 0 Å². The number of nitrogens with zero attached hydrogens (tertiary/aromatic N) is 2. The van der Waals surface area contributed by atoms with E-state index >= 15 is 0 Å². The van der Waals surface area contributed by atoms with Crippen LogP contribution in [0.3, 0.4) is 0 Å². The van der Waals surface area contributed by atoms with E-state index in [0.717, 1.165) is 67.9 Å². The summed E-state index contributed by atoms with van der Waals surface area (Å²) in [5.74, 6) is 0.254. The first-order chi connectivity index (χ1) is 19.8. The summed E-state index contributed by atoms with van der Waals surface area (Å²) in [5.41, 5.74) is 1.23. The van der Waals surface area contributed by atoms with Gasteiger partial charge in [0.15, 0.2) is 0 Å². The van der Waals surface area contributed by atoms with Crippen molar-refractivity contribution < 1.29 is 26.3 Å². The Balaban J connectivity index is 1.68.